The molecule has 0 spiro atoms. The van der Waals surface area contributed by atoms with Crippen LogP contribution in [0.4, 0.5) is 0 Å². The van der Waals surface area contributed by atoms with Gasteiger partial charge in [0.2, 0.25) is 5.88 Å². The molecule has 0 radical (unpaired) electrons. The summed E-state index contributed by atoms with van der Waals surface area (Å²) in [4.78, 5) is 8.58. The highest BCUT2D eigenvalue weighted by Gasteiger charge is 2.17. The molecule has 1 atom stereocenters. The van der Waals surface area contributed by atoms with E-state index in [2.05, 4.69) is 46.5 Å². The second kappa shape index (κ2) is 6.29. The van der Waals surface area contributed by atoms with Gasteiger partial charge in [0, 0.05) is 12.4 Å². The van der Waals surface area contributed by atoms with Gasteiger partial charge in [-0.15, -0.1) is 0 Å². The molecular weight excluding hydrogens is 238 g/mol. The largest absolute Gasteiger partial charge is 0.480 e. The summed E-state index contributed by atoms with van der Waals surface area (Å²) < 4.78 is 5.27. The lowest BCUT2D eigenvalue weighted by Crippen LogP contribution is -2.21. The zero-order valence-electron chi connectivity index (χ0n) is 11.6. The summed E-state index contributed by atoms with van der Waals surface area (Å²) in [6.07, 6.45) is 4.18. The third-order valence-corrected chi connectivity index (χ3v) is 3.12. The van der Waals surface area contributed by atoms with Crippen molar-refractivity contribution >= 4 is 0 Å². The average molecular weight is 257 g/mol. The van der Waals surface area contributed by atoms with Gasteiger partial charge in [-0.3, -0.25) is 4.98 Å². The normalized spacial score (nSPS) is 12.2. The Hall–Kier alpha value is -1.94. The van der Waals surface area contributed by atoms with E-state index in [0.717, 1.165) is 12.1 Å². The summed E-state index contributed by atoms with van der Waals surface area (Å²) in [7, 11) is 3.54. The van der Waals surface area contributed by atoms with Crippen LogP contribution < -0.4 is 10.1 Å². The smallest absolute Gasteiger partial charge is 0.237 e. The van der Waals surface area contributed by atoms with Crippen LogP contribution in [0.2, 0.25) is 0 Å². The molecule has 19 heavy (non-hydrogen) atoms. The molecule has 2 rings (SSSR count). The van der Waals surface area contributed by atoms with E-state index in [-0.39, 0.29) is 6.04 Å². The van der Waals surface area contributed by atoms with Crippen molar-refractivity contribution < 1.29 is 4.74 Å². The topological polar surface area (TPSA) is 47.0 Å². The summed E-state index contributed by atoms with van der Waals surface area (Å²) in [6, 6.07) is 8.61. The Morgan fingerprint density at radius 2 is 1.84 bits per heavy atom. The van der Waals surface area contributed by atoms with Crippen LogP contribution in [0, 0.1) is 6.92 Å². The summed E-state index contributed by atoms with van der Waals surface area (Å²) in [5.74, 6) is 0.578. The van der Waals surface area contributed by atoms with Crippen molar-refractivity contribution in [3.63, 3.8) is 0 Å². The standard InChI is InChI=1S/C15H19N3O/c1-11-4-6-12(7-5-11)10-13(16-2)14-15(19-3)18-9-8-17-14/h4-9,13,16H,10H2,1-3H3. The molecule has 0 amide bonds. The molecular formula is C15H19N3O. The van der Waals surface area contributed by atoms with E-state index in [1.54, 1.807) is 19.5 Å². The average Bonchev–Trinajstić information content (AvgIpc) is 2.46. The first kappa shape index (κ1) is 13.5. The second-order valence-electron chi connectivity index (χ2n) is 4.48. The van der Waals surface area contributed by atoms with Crippen LogP contribution in [0.5, 0.6) is 5.88 Å². The SMILES string of the molecule is CNC(Cc1ccc(C)cc1)c1nccnc1OC. The molecule has 0 fully saturated rings. The molecule has 1 unspecified atom stereocenters. The van der Waals surface area contributed by atoms with Crippen LogP contribution in [0.25, 0.3) is 0 Å². The summed E-state index contributed by atoms with van der Waals surface area (Å²) in [5, 5.41) is 3.27. The zero-order valence-corrected chi connectivity index (χ0v) is 11.6. The Kier molecular flexibility index (Phi) is 4.47. The van der Waals surface area contributed by atoms with Crippen LogP contribution in [0.15, 0.2) is 36.7 Å². The molecule has 0 bridgehead atoms. The van der Waals surface area contributed by atoms with Crippen LogP contribution in [-0.2, 0) is 6.42 Å². The molecule has 100 valence electrons. The molecule has 4 nitrogen and oxygen atoms in total. The fourth-order valence-electron chi connectivity index (χ4n) is 2.03. The Balaban J connectivity index is 2.22. The molecule has 1 aromatic heterocycles. The number of aromatic nitrogens is 2. The number of methoxy groups -OCH3 is 1. The van der Waals surface area contributed by atoms with Gasteiger partial charge in [-0.25, -0.2) is 4.98 Å². The van der Waals surface area contributed by atoms with Crippen LogP contribution in [-0.4, -0.2) is 24.1 Å². The monoisotopic (exact) mass is 257 g/mol. The number of nitrogens with zero attached hydrogens (tertiary/aromatic N) is 2. The molecule has 0 aliphatic rings. The van der Waals surface area contributed by atoms with Gasteiger partial charge < -0.3 is 10.1 Å². The maximum absolute atomic E-state index is 5.27. The van der Waals surface area contributed by atoms with Crippen molar-refractivity contribution in [2.75, 3.05) is 14.2 Å². The van der Waals surface area contributed by atoms with Crippen molar-refractivity contribution in [1.29, 1.82) is 0 Å². The summed E-state index contributed by atoms with van der Waals surface area (Å²) in [5.41, 5.74) is 3.37. The van der Waals surface area contributed by atoms with Crippen LogP contribution >= 0.6 is 0 Å². The molecule has 0 saturated heterocycles. The molecule has 1 aromatic carbocycles. The van der Waals surface area contributed by atoms with Crippen molar-refractivity contribution in [3.05, 3.63) is 53.5 Å². The van der Waals surface area contributed by atoms with Gasteiger partial charge in [-0.2, -0.15) is 0 Å². The van der Waals surface area contributed by atoms with Gasteiger partial charge in [0.25, 0.3) is 0 Å². The first-order chi connectivity index (χ1) is 9.24. The number of nitrogens with one attached hydrogen (secondary N) is 1. The maximum atomic E-state index is 5.27. The van der Waals surface area contributed by atoms with Gasteiger partial charge >= 0.3 is 0 Å². The first-order valence-corrected chi connectivity index (χ1v) is 6.32. The lowest BCUT2D eigenvalue weighted by Gasteiger charge is -2.17. The number of benzene rings is 1. The van der Waals surface area contributed by atoms with Gasteiger partial charge in [0.15, 0.2) is 0 Å². The third-order valence-electron chi connectivity index (χ3n) is 3.12. The van der Waals surface area contributed by atoms with E-state index in [9.17, 15) is 0 Å². The van der Waals surface area contributed by atoms with E-state index in [4.69, 9.17) is 4.74 Å². The minimum Gasteiger partial charge on any atom is -0.480 e. The number of rotatable bonds is 5. The van der Waals surface area contributed by atoms with Crippen LogP contribution in [0.3, 0.4) is 0 Å². The number of hydrogen-bond donors (Lipinski definition) is 1. The minimum atomic E-state index is 0.0892. The number of likely N-dealkylation sites (N-methyl/N-ethyl adjacent to an activating group) is 1. The van der Waals surface area contributed by atoms with Gasteiger partial charge in [0.05, 0.1) is 13.2 Å². The predicted molar refractivity (Wildman–Crippen MR) is 75.3 cm³/mol. The van der Waals surface area contributed by atoms with Crippen molar-refractivity contribution in [1.82, 2.24) is 15.3 Å². The minimum absolute atomic E-state index is 0.0892. The van der Waals surface area contributed by atoms with Crippen LogP contribution in [0.1, 0.15) is 22.9 Å². The van der Waals surface area contributed by atoms with Crippen molar-refractivity contribution in [2.24, 2.45) is 0 Å². The Bertz CT molecular complexity index is 525. The third kappa shape index (κ3) is 3.29. The molecule has 1 heterocycles. The van der Waals surface area contributed by atoms with E-state index in [0.29, 0.717) is 5.88 Å². The predicted octanol–water partition coefficient (Wildman–Crippen LogP) is 2.30. The Labute approximate surface area is 113 Å². The Morgan fingerprint density at radius 1 is 1.16 bits per heavy atom. The number of ether oxygens (including phenoxy) is 1. The lowest BCUT2D eigenvalue weighted by molar-refractivity contribution is 0.379. The lowest BCUT2D eigenvalue weighted by atomic mass is 10.0. The number of hydrogen-bond acceptors (Lipinski definition) is 4. The van der Waals surface area contributed by atoms with Crippen molar-refractivity contribution in [3.8, 4) is 5.88 Å². The van der Waals surface area contributed by atoms with E-state index < -0.39 is 0 Å². The summed E-state index contributed by atoms with van der Waals surface area (Å²) >= 11 is 0. The quantitative estimate of drug-likeness (QED) is 0.892. The van der Waals surface area contributed by atoms with E-state index in [1.165, 1.54) is 11.1 Å². The molecule has 2 aromatic rings. The van der Waals surface area contributed by atoms with Crippen molar-refractivity contribution in [2.45, 2.75) is 19.4 Å². The molecule has 0 aliphatic carbocycles. The highest BCUT2D eigenvalue weighted by Crippen LogP contribution is 2.23. The Morgan fingerprint density at radius 3 is 2.47 bits per heavy atom. The van der Waals surface area contributed by atoms with Gasteiger partial charge in [0.1, 0.15) is 5.69 Å². The fraction of sp³-hybridized carbons (Fsp3) is 0.333. The zero-order chi connectivity index (χ0) is 13.7. The highest BCUT2D eigenvalue weighted by molar-refractivity contribution is 5.26. The highest BCUT2D eigenvalue weighted by atomic mass is 16.5. The number of aryl methyl sites for hydroxylation is 1. The fourth-order valence-corrected chi connectivity index (χ4v) is 2.03. The van der Waals surface area contributed by atoms with Gasteiger partial charge in [-0.05, 0) is 26.0 Å². The summed E-state index contributed by atoms with van der Waals surface area (Å²) in [6.45, 7) is 2.09. The molecule has 4 heteroatoms. The van der Waals surface area contributed by atoms with Gasteiger partial charge in [-0.1, -0.05) is 29.8 Å². The maximum Gasteiger partial charge on any atom is 0.237 e. The van der Waals surface area contributed by atoms with E-state index in [1.807, 2.05) is 7.05 Å². The molecule has 0 aliphatic heterocycles. The second-order valence-corrected chi connectivity index (χ2v) is 4.48. The first-order valence-electron chi connectivity index (χ1n) is 6.32. The molecule has 1 N–H and O–H groups in total. The van der Waals surface area contributed by atoms with E-state index >= 15 is 0 Å². The molecule has 0 saturated carbocycles.